The normalized spacial score (nSPS) is 11.2. The first-order valence-electron chi connectivity index (χ1n) is 8.16. The predicted octanol–water partition coefficient (Wildman–Crippen LogP) is 4.70. The molecule has 0 atom stereocenters. The summed E-state index contributed by atoms with van der Waals surface area (Å²) in [5, 5.41) is 3.10. The number of aromatic nitrogens is 2. The van der Waals surface area contributed by atoms with Crippen LogP contribution >= 0.6 is 35.0 Å². The fraction of sp³-hybridized carbons (Fsp3) is 0.0556. The molecule has 7 nitrogen and oxygen atoms in total. The molecule has 0 spiro atoms. The average Bonchev–Trinajstić information content (AvgIpc) is 2.70. The van der Waals surface area contributed by atoms with Gasteiger partial charge in [0.25, 0.3) is 15.9 Å². The molecule has 0 unspecified atom stereocenters. The molecule has 12 heteroatoms. The van der Waals surface area contributed by atoms with E-state index in [9.17, 15) is 17.6 Å². The molecule has 30 heavy (non-hydrogen) atoms. The standard InChI is InChI=1S/C18H13Cl2FN4O3S2/c1-29-18-22-9-11(20)16(24-18)17(26)23-14-8-10(19)6-7-13(14)25-30(27,28)15-5-3-2-4-12(15)21/h2-9,25H,1H3,(H,23,26). The van der Waals surface area contributed by atoms with Crippen LogP contribution in [-0.4, -0.2) is 30.5 Å². The summed E-state index contributed by atoms with van der Waals surface area (Å²) in [6.07, 6.45) is 3.02. The van der Waals surface area contributed by atoms with Crippen molar-refractivity contribution in [3.63, 3.8) is 0 Å². The minimum absolute atomic E-state index is 0.0146. The van der Waals surface area contributed by atoms with E-state index < -0.39 is 26.6 Å². The van der Waals surface area contributed by atoms with Crippen LogP contribution in [-0.2, 0) is 10.0 Å². The van der Waals surface area contributed by atoms with E-state index in [2.05, 4.69) is 20.0 Å². The molecule has 1 heterocycles. The lowest BCUT2D eigenvalue weighted by Crippen LogP contribution is -2.19. The highest BCUT2D eigenvalue weighted by molar-refractivity contribution is 7.98. The maximum absolute atomic E-state index is 14.0. The Labute approximate surface area is 186 Å². The minimum Gasteiger partial charge on any atom is -0.319 e. The van der Waals surface area contributed by atoms with Gasteiger partial charge in [0.15, 0.2) is 10.9 Å². The number of nitrogens with one attached hydrogen (secondary N) is 2. The van der Waals surface area contributed by atoms with Crippen LogP contribution in [0.15, 0.2) is 58.7 Å². The first-order valence-corrected chi connectivity index (χ1v) is 11.6. The highest BCUT2D eigenvalue weighted by Gasteiger charge is 2.22. The summed E-state index contributed by atoms with van der Waals surface area (Å²) in [5.74, 6) is -1.62. The number of sulfonamides is 1. The maximum Gasteiger partial charge on any atom is 0.276 e. The van der Waals surface area contributed by atoms with Crippen LogP contribution < -0.4 is 10.0 Å². The Balaban J connectivity index is 1.95. The van der Waals surface area contributed by atoms with Gasteiger partial charge in [0.2, 0.25) is 0 Å². The van der Waals surface area contributed by atoms with Crippen LogP contribution in [0.4, 0.5) is 15.8 Å². The van der Waals surface area contributed by atoms with E-state index in [0.29, 0.717) is 5.16 Å². The van der Waals surface area contributed by atoms with Crippen molar-refractivity contribution >= 4 is 62.3 Å². The summed E-state index contributed by atoms with van der Waals surface area (Å²) in [7, 11) is -4.27. The quantitative estimate of drug-likeness (QED) is 0.386. The first-order chi connectivity index (χ1) is 14.2. The van der Waals surface area contributed by atoms with Crippen molar-refractivity contribution in [2.75, 3.05) is 16.3 Å². The van der Waals surface area contributed by atoms with Crippen LogP contribution in [0.25, 0.3) is 0 Å². The Morgan fingerprint density at radius 1 is 1.13 bits per heavy atom. The van der Waals surface area contributed by atoms with E-state index in [0.717, 1.165) is 12.1 Å². The number of thioether (sulfide) groups is 1. The van der Waals surface area contributed by atoms with E-state index in [1.165, 1.54) is 48.3 Å². The number of anilines is 2. The molecule has 0 radical (unpaired) electrons. The van der Waals surface area contributed by atoms with Crippen molar-refractivity contribution in [3.8, 4) is 0 Å². The molecule has 0 bridgehead atoms. The number of hydrogen-bond acceptors (Lipinski definition) is 6. The van der Waals surface area contributed by atoms with Gasteiger partial charge in [0.05, 0.1) is 22.6 Å². The van der Waals surface area contributed by atoms with Gasteiger partial charge in [-0.05, 0) is 36.6 Å². The molecular formula is C18H13Cl2FN4O3S2. The second kappa shape index (κ2) is 9.17. The Morgan fingerprint density at radius 3 is 2.57 bits per heavy atom. The molecule has 0 aliphatic rings. The molecule has 1 amide bonds. The number of benzene rings is 2. The second-order valence-corrected chi connectivity index (χ2v) is 9.00. The molecule has 2 aromatic carbocycles. The van der Waals surface area contributed by atoms with Crippen molar-refractivity contribution < 1.29 is 17.6 Å². The number of carbonyl (C=O) groups excluding carboxylic acids is 1. The molecular weight excluding hydrogens is 474 g/mol. The van der Waals surface area contributed by atoms with Gasteiger partial charge in [-0.25, -0.2) is 22.8 Å². The van der Waals surface area contributed by atoms with Gasteiger partial charge >= 0.3 is 0 Å². The molecule has 0 saturated heterocycles. The topological polar surface area (TPSA) is 101 Å². The molecule has 0 aliphatic heterocycles. The van der Waals surface area contributed by atoms with E-state index in [1.54, 1.807) is 6.26 Å². The van der Waals surface area contributed by atoms with Gasteiger partial charge in [-0.3, -0.25) is 9.52 Å². The number of hydrogen-bond donors (Lipinski definition) is 2. The Bertz CT molecular complexity index is 1230. The lowest BCUT2D eigenvalue weighted by atomic mass is 10.2. The minimum atomic E-state index is -4.27. The van der Waals surface area contributed by atoms with Gasteiger partial charge in [0.1, 0.15) is 10.7 Å². The summed E-state index contributed by atoms with van der Waals surface area (Å²) >= 11 is 13.2. The van der Waals surface area contributed by atoms with Crippen LogP contribution in [0.5, 0.6) is 0 Å². The summed E-state index contributed by atoms with van der Waals surface area (Å²) in [4.78, 5) is 20.2. The molecule has 2 N–H and O–H groups in total. The predicted molar refractivity (Wildman–Crippen MR) is 115 cm³/mol. The number of halogens is 3. The van der Waals surface area contributed by atoms with Crippen molar-refractivity contribution in [1.82, 2.24) is 9.97 Å². The Kier molecular flexibility index (Phi) is 6.81. The summed E-state index contributed by atoms with van der Waals surface area (Å²) in [6, 6.07) is 9.00. The van der Waals surface area contributed by atoms with E-state index >= 15 is 0 Å². The highest BCUT2D eigenvalue weighted by atomic mass is 35.5. The van der Waals surface area contributed by atoms with Gasteiger partial charge in [0, 0.05) is 5.02 Å². The van der Waals surface area contributed by atoms with Gasteiger partial charge < -0.3 is 5.32 Å². The van der Waals surface area contributed by atoms with Crippen LogP contribution in [0.3, 0.4) is 0 Å². The number of nitrogens with zero attached hydrogens (tertiary/aromatic N) is 2. The second-order valence-electron chi connectivity index (χ2n) is 5.73. The number of carbonyl (C=O) groups is 1. The van der Waals surface area contributed by atoms with Gasteiger partial charge in [-0.1, -0.05) is 47.1 Å². The zero-order valence-electron chi connectivity index (χ0n) is 15.2. The molecule has 0 fully saturated rings. The van der Waals surface area contributed by atoms with Crippen LogP contribution in [0.2, 0.25) is 10.0 Å². The smallest absolute Gasteiger partial charge is 0.276 e. The monoisotopic (exact) mass is 486 g/mol. The van der Waals surface area contributed by atoms with Crippen molar-refractivity contribution in [1.29, 1.82) is 0 Å². The third-order valence-corrected chi connectivity index (χ3v) is 6.19. The van der Waals surface area contributed by atoms with Crippen molar-refractivity contribution in [2.24, 2.45) is 0 Å². The molecule has 0 aliphatic carbocycles. The van der Waals surface area contributed by atoms with E-state index in [-0.39, 0.29) is 27.1 Å². The summed E-state index contributed by atoms with van der Waals surface area (Å²) in [5.41, 5.74) is -0.0852. The lowest BCUT2D eigenvalue weighted by molar-refractivity contribution is 0.102. The first kappa shape index (κ1) is 22.3. The molecule has 0 saturated carbocycles. The lowest BCUT2D eigenvalue weighted by Gasteiger charge is -2.14. The highest BCUT2D eigenvalue weighted by Crippen LogP contribution is 2.29. The van der Waals surface area contributed by atoms with Crippen LogP contribution in [0.1, 0.15) is 10.5 Å². The SMILES string of the molecule is CSc1ncc(Cl)c(C(=O)Nc2cc(Cl)ccc2NS(=O)(=O)c2ccccc2F)n1. The fourth-order valence-electron chi connectivity index (χ4n) is 2.36. The summed E-state index contributed by atoms with van der Waals surface area (Å²) < 4.78 is 41.4. The van der Waals surface area contributed by atoms with Crippen LogP contribution in [0, 0.1) is 5.82 Å². The maximum atomic E-state index is 14.0. The number of amides is 1. The number of rotatable bonds is 6. The molecule has 156 valence electrons. The third kappa shape index (κ3) is 5.01. The van der Waals surface area contributed by atoms with Crippen molar-refractivity contribution in [2.45, 2.75) is 10.1 Å². The van der Waals surface area contributed by atoms with Crippen molar-refractivity contribution in [3.05, 3.63) is 70.2 Å². The van der Waals surface area contributed by atoms with Gasteiger partial charge in [-0.15, -0.1) is 0 Å². The zero-order chi connectivity index (χ0) is 21.9. The largest absolute Gasteiger partial charge is 0.319 e. The molecule has 3 rings (SSSR count). The zero-order valence-corrected chi connectivity index (χ0v) is 18.3. The third-order valence-electron chi connectivity index (χ3n) is 3.72. The Morgan fingerprint density at radius 2 is 1.87 bits per heavy atom. The van der Waals surface area contributed by atoms with Gasteiger partial charge in [-0.2, -0.15) is 0 Å². The average molecular weight is 487 g/mol. The van der Waals surface area contributed by atoms with E-state index in [1.807, 2.05) is 0 Å². The Hall–Kier alpha value is -2.40. The molecule has 3 aromatic rings. The molecule has 1 aromatic heterocycles. The summed E-state index contributed by atoms with van der Waals surface area (Å²) in [6.45, 7) is 0. The fourth-order valence-corrected chi connectivity index (χ4v) is 4.21. The van der Waals surface area contributed by atoms with E-state index in [4.69, 9.17) is 23.2 Å².